The Balaban J connectivity index is 1.48. The van der Waals surface area contributed by atoms with Crippen molar-refractivity contribution in [3.05, 3.63) is 83.9 Å². The number of hydrogen-bond donors (Lipinski definition) is 2. The van der Waals surface area contributed by atoms with Gasteiger partial charge >= 0.3 is 0 Å². The van der Waals surface area contributed by atoms with E-state index in [0.29, 0.717) is 17.9 Å². The first-order valence-electron chi connectivity index (χ1n) is 10.9. The molecule has 1 heterocycles. The van der Waals surface area contributed by atoms with Crippen molar-refractivity contribution < 1.29 is 14.3 Å². The Morgan fingerprint density at radius 1 is 0.882 bits per heavy atom. The van der Waals surface area contributed by atoms with Gasteiger partial charge < -0.3 is 19.8 Å². The van der Waals surface area contributed by atoms with Crippen molar-refractivity contribution in [3.63, 3.8) is 0 Å². The van der Waals surface area contributed by atoms with Gasteiger partial charge in [0.25, 0.3) is 5.91 Å². The summed E-state index contributed by atoms with van der Waals surface area (Å²) in [5.41, 5.74) is 5.58. The molecule has 0 atom stereocenters. The van der Waals surface area contributed by atoms with Gasteiger partial charge in [-0.3, -0.25) is 4.79 Å². The van der Waals surface area contributed by atoms with Crippen LogP contribution in [0.1, 0.15) is 15.9 Å². The maximum Gasteiger partial charge on any atom is 0.251 e. The van der Waals surface area contributed by atoms with E-state index in [1.54, 1.807) is 26.0 Å². The number of nitrogens with one attached hydrogen (secondary N) is 2. The third kappa shape index (κ3) is 5.61. The number of imidazole rings is 1. The van der Waals surface area contributed by atoms with Crippen molar-refractivity contribution >= 4 is 17.7 Å². The summed E-state index contributed by atoms with van der Waals surface area (Å²) >= 11 is 1.57. The molecule has 4 rings (SSSR count). The molecule has 0 fully saturated rings. The first kappa shape index (κ1) is 23.4. The van der Waals surface area contributed by atoms with Crippen molar-refractivity contribution in [1.82, 2.24) is 15.3 Å². The molecule has 0 saturated heterocycles. The van der Waals surface area contributed by atoms with E-state index in [1.807, 2.05) is 79.7 Å². The number of H-pyrrole nitrogens is 1. The van der Waals surface area contributed by atoms with Crippen LogP contribution >= 0.6 is 11.8 Å². The summed E-state index contributed by atoms with van der Waals surface area (Å²) in [6, 6.07) is 23.3. The topological polar surface area (TPSA) is 76.2 Å². The Kier molecular flexibility index (Phi) is 7.54. The molecule has 0 aliphatic carbocycles. The summed E-state index contributed by atoms with van der Waals surface area (Å²) in [4.78, 5) is 20.7. The molecule has 0 spiro atoms. The number of carbonyl (C=O) groups excluding carboxylic acids is 1. The van der Waals surface area contributed by atoms with Gasteiger partial charge in [-0.25, -0.2) is 4.98 Å². The summed E-state index contributed by atoms with van der Waals surface area (Å²) in [6.45, 7) is 2.54. The molecule has 0 radical (unpaired) electrons. The number of methoxy groups -OCH3 is 2. The Bertz CT molecular complexity index is 1170. The number of aromatic amines is 1. The van der Waals surface area contributed by atoms with E-state index < -0.39 is 0 Å². The zero-order valence-corrected chi connectivity index (χ0v) is 20.2. The molecule has 1 amide bonds. The Morgan fingerprint density at radius 2 is 1.47 bits per heavy atom. The van der Waals surface area contributed by atoms with Crippen molar-refractivity contribution in [2.45, 2.75) is 12.1 Å². The fraction of sp³-hybridized carbons (Fsp3) is 0.185. The summed E-state index contributed by atoms with van der Waals surface area (Å²) in [5, 5.41) is 3.76. The van der Waals surface area contributed by atoms with E-state index in [-0.39, 0.29) is 5.91 Å². The average Bonchev–Trinajstić information content (AvgIpc) is 3.31. The molecular formula is C27H27N3O3S. The maximum absolute atomic E-state index is 12.3. The highest BCUT2D eigenvalue weighted by Crippen LogP contribution is 2.34. The second-order valence-corrected chi connectivity index (χ2v) is 8.78. The van der Waals surface area contributed by atoms with E-state index in [1.165, 1.54) is 0 Å². The summed E-state index contributed by atoms with van der Waals surface area (Å²) in [5.74, 6) is 2.21. The summed E-state index contributed by atoms with van der Waals surface area (Å²) < 4.78 is 10.6. The van der Waals surface area contributed by atoms with Crippen LogP contribution in [0.4, 0.5) is 0 Å². The largest absolute Gasteiger partial charge is 0.497 e. The van der Waals surface area contributed by atoms with Crippen LogP contribution in [0.25, 0.3) is 22.5 Å². The third-order valence-electron chi connectivity index (χ3n) is 5.36. The number of thioether (sulfide) groups is 1. The lowest BCUT2D eigenvalue weighted by Crippen LogP contribution is -2.25. The van der Waals surface area contributed by atoms with Gasteiger partial charge in [-0.05, 0) is 67.6 Å². The van der Waals surface area contributed by atoms with Crippen LogP contribution in [0, 0.1) is 6.92 Å². The predicted molar refractivity (Wildman–Crippen MR) is 137 cm³/mol. The zero-order valence-electron chi connectivity index (χ0n) is 19.4. The van der Waals surface area contributed by atoms with Gasteiger partial charge in [-0.1, -0.05) is 29.5 Å². The smallest absolute Gasteiger partial charge is 0.251 e. The Hall–Kier alpha value is -3.71. The van der Waals surface area contributed by atoms with E-state index in [0.717, 1.165) is 44.7 Å². The van der Waals surface area contributed by atoms with Gasteiger partial charge in [0.1, 0.15) is 11.5 Å². The monoisotopic (exact) mass is 473 g/mol. The van der Waals surface area contributed by atoms with Crippen molar-refractivity contribution in [1.29, 1.82) is 0 Å². The van der Waals surface area contributed by atoms with Gasteiger partial charge in [0.15, 0.2) is 5.16 Å². The Morgan fingerprint density at radius 3 is 2.06 bits per heavy atom. The lowest BCUT2D eigenvalue weighted by Gasteiger charge is -2.06. The van der Waals surface area contributed by atoms with E-state index in [2.05, 4.69) is 10.3 Å². The third-order valence-corrected chi connectivity index (χ3v) is 6.24. The van der Waals surface area contributed by atoms with Gasteiger partial charge in [-0.15, -0.1) is 0 Å². The maximum atomic E-state index is 12.3. The van der Waals surface area contributed by atoms with Crippen LogP contribution in [0.5, 0.6) is 11.5 Å². The predicted octanol–water partition coefficient (Wildman–Crippen LogP) is 5.59. The second-order valence-electron chi connectivity index (χ2n) is 7.69. The first-order chi connectivity index (χ1) is 16.6. The fourth-order valence-electron chi connectivity index (χ4n) is 3.46. The molecule has 0 saturated carbocycles. The van der Waals surface area contributed by atoms with Crippen LogP contribution < -0.4 is 14.8 Å². The van der Waals surface area contributed by atoms with Crippen LogP contribution in [0.2, 0.25) is 0 Å². The molecule has 174 valence electrons. The molecule has 7 heteroatoms. The number of carbonyl (C=O) groups is 1. The fourth-order valence-corrected chi connectivity index (χ4v) is 4.19. The number of amides is 1. The van der Waals surface area contributed by atoms with Gasteiger partial charge in [0, 0.05) is 29.0 Å². The molecular weight excluding hydrogens is 446 g/mol. The number of aryl methyl sites for hydroxylation is 1. The lowest BCUT2D eigenvalue weighted by molar-refractivity contribution is 0.0956. The van der Waals surface area contributed by atoms with Crippen molar-refractivity contribution in [2.24, 2.45) is 0 Å². The molecule has 34 heavy (non-hydrogen) atoms. The average molecular weight is 474 g/mol. The second kappa shape index (κ2) is 10.9. The normalized spacial score (nSPS) is 10.7. The van der Waals surface area contributed by atoms with Gasteiger partial charge in [0.2, 0.25) is 0 Å². The highest BCUT2D eigenvalue weighted by atomic mass is 32.2. The quantitative estimate of drug-likeness (QED) is 0.245. The number of nitrogens with zero attached hydrogens (tertiary/aromatic N) is 1. The van der Waals surface area contributed by atoms with Crippen molar-refractivity contribution in [3.8, 4) is 34.0 Å². The zero-order chi connectivity index (χ0) is 23.9. The summed E-state index contributed by atoms with van der Waals surface area (Å²) in [6.07, 6.45) is 0. The van der Waals surface area contributed by atoms with E-state index in [9.17, 15) is 4.79 Å². The number of rotatable bonds is 9. The van der Waals surface area contributed by atoms with Gasteiger partial charge in [0.05, 0.1) is 25.6 Å². The number of benzene rings is 3. The number of hydrogen-bond acceptors (Lipinski definition) is 5. The molecule has 0 aliphatic heterocycles. The van der Waals surface area contributed by atoms with E-state index in [4.69, 9.17) is 14.5 Å². The highest BCUT2D eigenvalue weighted by molar-refractivity contribution is 7.99. The number of ether oxygens (including phenoxy) is 2. The molecule has 0 unspecified atom stereocenters. The lowest BCUT2D eigenvalue weighted by atomic mass is 10.0. The minimum atomic E-state index is -0.0714. The van der Waals surface area contributed by atoms with Crippen LogP contribution in [-0.4, -0.2) is 42.4 Å². The molecule has 0 aliphatic rings. The SMILES string of the molecule is COc1ccc(-c2nc(SCCNC(=O)c3ccc(C)cc3)[nH]c2-c2ccc(OC)cc2)cc1. The molecule has 3 aromatic carbocycles. The first-order valence-corrected chi connectivity index (χ1v) is 11.9. The summed E-state index contributed by atoms with van der Waals surface area (Å²) in [7, 11) is 3.30. The van der Waals surface area contributed by atoms with Gasteiger partial charge in [-0.2, -0.15) is 0 Å². The molecule has 4 aromatic rings. The standard InChI is InChI=1S/C27H27N3O3S/c1-18-4-6-21(7-5-18)26(31)28-16-17-34-27-29-24(19-8-12-22(32-2)13-9-19)25(30-27)20-10-14-23(33-3)15-11-20/h4-15H,16-17H2,1-3H3,(H,28,31)(H,29,30). The highest BCUT2D eigenvalue weighted by Gasteiger charge is 2.15. The minimum absolute atomic E-state index is 0.0714. The molecule has 0 bridgehead atoms. The molecule has 6 nitrogen and oxygen atoms in total. The van der Waals surface area contributed by atoms with E-state index >= 15 is 0 Å². The number of aromatic nitrogens is 2. The van der Waals surface area contributed by atoms with Crippen molar-refractivity contribution in [2.75, 3.05) is 26.5 Å². The molecule has 1 aromatic heterocycles. The molecule has 2 N–H and O–H groups in total. The van der Waals surface area contributed by atoms with Crippen LogP contribution in [0.3, 0.4) is 0 Å². The minimum Gasteiger partial charge on any atom is -0.497 e. The van der Waals surface area contributed by atoms with Crippen LogP contribution in [0.15, 0.2) is 78.0 Å². The van der Waals surface area contributed by atoms with Crippen LogP contribution in [-0.2, 0) is 0 Å². The Labute approximate surface area is 203 Å².